The molecule has 0 aliphatic heterocycles. The second-order valence-corrected chi connectivity index (χ2v) is 13.9. The Bertz CT molecular complexity index is 3110. The molecule has 0 bridgehead atoms. The minimum absolute atomic E-state index is 1.09. The van der Waals surface area contributed by atoms with Gasteiger partial charge < -0.3 is 9.13 Å². The molecule has 0 aliphatic carbocycles. The molecule has 0 saturated carbocycles. The maximum Gasteiger partial charge on any atom is 0.0894 e. The highest BCUT2D eigenvalue weighted by Gasteiger charge is 2.17. The van der Waals surface area contributed by atoms with Gasteiger partial charge in [-0.15, -0.1) is 11.3 Å². The molecular formula is C45H27N3S. The van der Waals surface area contributed by atoms with Crippen LogP contribution in [0.1, 0.15) is 0 Å². The van der Waals surface area contributed by atoms with E-state index in [0.29, 0.717) is 0 Å². The van der Waals surface area contributed by atoms with E-state index in [1.54, 1.807) is 0 Å². The summed E-state index contributed by atoms with van der Waals surface area (Å²) in [5.74, 6) is 0. The first kappa shape index (κ1) is 26.8. The Labute approximate surface area is 285 Å². The molecule has 4 heterocycles. The third-order valence-corrected chi connectivity index (χ3v) is 11.3. The summed E-state index contributed by atoms with van der Waals surface area (Å²) in [7, 11) is 0. The van der Waals surface area contributed by atoms with Gasteiger partial charge in [-0.2, -0.15) is 0 Å². The molecule has 0 amide bonds. The molecule has 0 fully saturated rings. The first-order chi connectivity index (χ1) is 24.3. The Hall–Kier alpha value is -6.23. The van der Waals surface area contributed by atoms with Crippen LogP contribution in [0.4, 0.5) is 0 Å². The molecule has 0 N–H and O–H groups in total. The van der Waals surface area contributed by atoms with Crippen LogP contribution in [-0.2, 0) is 0 Å². The zero-order valence-electron chi connectivity index (χ0n) is 26.3. The van der Waals surface area contributed by atoms with Gasteiger partial charge in [-0.25, -0.2) is 0 Å². The first-order valence-electron chi connectivity index (χ1n) is 16.6. The van der Waals surface area contributed by atoms with E-state index in [4.69, 9.17) is 4.98 Å². The van der Waals surface area contributed by atoms with Crippen LogP contribution in [0.15, 0.2) is 164 Å². The first-order valence-corrected chi connectivity index (χ1v) is 17.4. The summed E-state index contributed by atoms with van der Waals surface area (Å²) >= 11 is 1.83. The molecule has 0 saturated heterocycles. The van der Waals surface area contributed by atoms with E-state index >= 15 is 0 Å². The van der Waals surface area contributed by atoms with E-state index < -0.39 is 0 Å². The summed E-state index contributed by atoms with van der Waals surface area (Å²) in [6, 6.07) is 57.4. The summed E-state index contributed by atoms with van der Waals surface area (Å²) in [6.07, 6.45) is 2.04. The molecule has 11 rings (SSSR count). The molecule has 49 heavy (non-hydrogen) atoms. The van der Waals surface area contributed by atoms with Crippen molar-refractivity contribution < 1.29 is 0 Å². The number of pyridine rings is 1. The molecule has 4 aromatic heterocycles. The number of thiophene rings is 1. The summed E-state index contributed by atoms with van der Waals surface area (Å²) in [5.41, 5.74) is 10.7. The summed E-state index contributed by atoms with van der Waals surface area (Å²) in [4.78, 5) is 4.95. The number of hydrogen-bond acceptors (Lipinski definition) is 2. The minimum atomic E-state index is 1.09. The maximum absolute atomic E-state index is 4.95. The van der Waals surface area contributed by atoms with Gasteiger partial charge in [0.15, 0.2) is 0 Å². The predicted molar refractivity (Wildman–Crippen MR) is 209 cm³/mol. The molecule has 0 spiro atoms. The number of fused-ring (bicyclic) bond motifs is 11. The highest BCUT2D eigenvalue weighted by Crippen LogP contribution is 2.40. The van der Waals surface area contributed by atoms with Crippen LogP contribution < -0.4 is 0 Å². The van der Waals surface area contributed by atoms with Crippen molar-refractivity contribution in [1.29, 1.82) is 0 Å². The van der Waals surface area contributed by atoms with E-state index in [-0.39, 0.29) is 0 Å². The van der Waals surface area contributed by atoms with Gasteiger partial charge in [-0.05, 0) is 77.9 Å². The molecule has 11 aromatic rings. The molecule has 0 unspecified atom stereocenters. The van der Waals surface area contributed by atoms with E-state index in [0.717, 1.165) is 16.6 Å². The number of benzene rings is 7. The monoisotopic (exact) mass is 641 g/mol. The van der Waals surface area contributed by atoms with Crippen molar-refractivity contribution in [2.75, 3.05) is 0 Å². The van der Waals surface area contributed by atoms with Gasteiger partial charge in [-0.3, -0.25) is 4.98 Å². The fourth-order valence-electron chi connectivity index (χ4n) is 7.92. The van der Waals surface area contributed by atoms with Crippen LogP contribution in [0.5, 0.6) is 0 Å². The topological polar surface area (TPSA) is 22.8 Å². The van der Waals surface area contributed by atoms with Crippen LogP contribution >= 0.6 is 11.3 Å². The van der Waals surface area contributed by atoms with Crippen molar-refractivity contribution >= 4 is 86.0 Å². The van der Waals surface area contributed by atoms with Gasteiger partial charge in [0.25, 0.3) is 0 Å². The van der Waals surface area contributed by atoms with Crippen molar-refractivity contribution in [2.45, 2.75) is 0 Å². The second kappa shape index (κ2) is 10.1. The van der Waals surface area contributed by atoms with Gasteiger partial charge in [-0.1, -0.05) is 91.0 Å². The lowest BCUT2D eigenvalue weighted by Gasteiger charge is -2.10. The Morgan fingerprint density at radius 3 is 1.67 bits per heavy atom. The van der Waals surface area contributed by atoms with E-state index in [9.17, 15) is 0 Å². The van der Waals surface area contributed by atoms with E-state index in [2.05, 4.69) is 167 Å². The van der Waals surface area contributed by atoms with Crippen molar-refractivity contribution in [2.24, 2.45) is 0 Å². The summed E-state index contributed by atoms with van der Waals surface area (Å²) < 4.78 is 7.30. The summed E-state index contributed by atoms with van der Waals surface area (Å²) in [5, 5.41) is 8.66. The third-order valence-electron chi connectivity index (χ3n) is 10.1. The number of rotatable bonds is 3. The molecule has 0 aliphatic rings. The molecule has 3 nitrogen and oxygen atoms in total. The van der Waals surface area contributed by atoms with Gasteiger partial charge in [0.2, 0.25) is 0 Å². The summed E-state index contributed by atoms with van der Waals surface area (Å²) in [6.45, 7) is 0. The Morgan fingerprint density at radius 2 is 0.980 bits per heavy atom. The zero-order chi connectivity index (χ0) is 32.1. The van der Waals surface area contributed by atoms with Crippen molar-refractivity contribution in [3.8, 4) is 22.5 Å². The van der Waals surface area contributed by atoms with Crippen molar-refractivity contribution in [1.82, 2.24) is 14.1 Å². The minimum Gasteiger partial charge on any atom is -0.309 e. The molecule has 7 aromatic carbocycles. The Morgan fingerprint density at radius 1 is 0.408 bits per heavy atom. The van der Waals surface area contributed by atoms with Crippen LogP contribution in [-0.4, -0.2) is 14.1 Å². The SMILES string of the molecule is c1ccc(-n2c3ccccc3c3cc(-c4ccc5c(c4)c4ccccc4n5-c4ccc5c(cnc6c7ccccc7sc56)c4)ccc32)cc1. The molecule has 4 heteroatoms. The fraction of sp³-hybridized carbons (Fsp3) is 0. The lowest BCUT2D eigenvalue weighted by Crippen LogP contribution is -1.94. The highest BCUT2D eigenvalue weighted by atomic mass is 32.1. The highest BCUT2D eigenvalue weighted by molar-refractivity contribution is 7.26. The average molecular weight is 642 g/mol. The lowest BCUT2D eigenvalue weighted by molar-refractivity contribution is 1.18. The third kappa shape index (κ3) is 3.86. The number of para-hydroxylation sites is 3. The lowest BCUT2D eigenvalue weighted by atomic mass is 10.0. The Balaban J connectivity index is 1.09. The van der Waals surface area contributed by atoms with Crippen LogP contribution in [0.3, 0.4) is 0 Å². The van der Waals surface area contributed by atoms with E-state index in [1.807, 2.05) is 17.5 Å². The van der Waals surface area contributed by atoms with Gasteiger partial charge in [0.1, 0.15) is 0 Å². The van der Waals surface area contributed by atoms with Crippen molar-refractivity contribution in [3.63, 3.8) is 0 Å². The number of aromatic nitrogens is 3. The number of hydrogen-bond donors (Lipinski definition) is 0. The van der Waals surface area contributed by atoms with Gasteiger partial charge >= 0.3 is 0 Å². The quantitative estimate of drug-likeness (QED) is 0.188. The zero-order valence-corrected chi connectivity index (χ0v) is 27.2. The van der Waals surface area contributed by atoms with Gasteiger partial charge in [0, 0.05) is 60.0 Å². The fourth-order valence-corrected chi connectivity index (χ4v) is 9.11. The molecule has 0 radical (unpaired) electrons. The predicted octanol–water partition coefficient (Wildman–Crippen LogP) is 12.5. The average Bonchev–Trinajstić information content (AvgIpc) is 3.82. The standard InChI is InChI=1S/C45H27N3S/c1-2-10-31(11-3-1)47-39-15-7-4-12-34(39)37-25-28(18-22-41(37)47)29-19-23-42-38(26-29)35-13-5-8-16-40(35)48(42)32-20-21-33-30(24-32)27-46-44-36-14-6-9-17-43(36)49-45(33)44/h1-27H. The number of nitrogens with zero attached hydrogens (tertiary/aromatic N) is 3. The van der Waals surface area contributed by atoms with Crippen LogP contribution in [0, 0.1) is 0 Å². The second-order valence-electron chi connectivity index (χ2n) is 12.8. The van der Waals surface area contributed by atoms with Crippen LogP contribution in [0.2, 0.25) is 0 Å². The largest absolute Gasteiger partial charge is 0.309 e. The Kier molecular flexibility index (Phi) is 5.54. The van der Waals surface area contributed by atoms with E-state index in [1.165, 1.54) is 80.6 Å². The molecule has 228 valence electrons. The molecule has 0 atom stereocenters. The molecular weight excluding hydrogens is 615 g/mol. The normalized spacial score (nSPS) is 12.1. The smallest absolute Gasteiger partial charge is 0.0894 e. The van der Waals surface area contributed by atoms with Crippen molar-refractivity contribution in [3.05, 3.63) is 164 Å². The van der Waals surface area contributed by atoms with Gasteiger partial charge in [0.05, 0.1) is 32.3 Å². The maximum atomic E-state index is 4.95. The van der Waals surface area contributed by atoms with Crippen LogP contribution in [0.25, 0.3) is 97.2 Å².